The van der Waals surface area contributed by atoms with Gasteiger partial charge in [0.2, 0.25) is 0 Å². The van der Waals surface area contributed by atoms with Gasteiger partial charge in [-0.1, -0.05) is 33.8 Å². The van der Waals surface area contributed by atoms with E-state index in [1.807, 2.05) is 6.92 Å². The molecule has 41 heavy (non-hydrogen) atoms. The number of Topliss-reactive ketones (excluding diaryl/α,β-unsaturated/α-hetero) is 1. The van der Waals surface area contributed by atoms with Crippen LogP contribution in [0.2, 0.25) is 0 Å². The molecule has 1 saturated heterocycles. The van der Waals surface area contributed by atoms with Gasteiger partial charge in [0.05, 0.1) is 18.3 Å². The fourth-order valence-electron chi connectivity index (χ4n) is 8.68. The summed E-state index contributed by atoms with van der Waals surface area (Å²) in [6.45, 7) is 12.9. The van der Waals surface area contributed by atoms with Crippen molar-refractivity contribution in [3.8, 4) is 0 Å². The van der Waals surface area contributed by atoms with E-state index in [4.69, 9.17) is 4.74 Å². The number of ether oxygens (including phenoxy) is 1. The number of nitrogens with one attached hydrogen (secondary N) is 1. The van der Waals surface area contributed by atoms with Crippen LogP contribution >= 0.6 is 0 Å². The normalized spacial score (nSPS) is 40.3. The third kappa shape index (κ3) is 4.40. The monoisotopic (exact) mass is 568 g/mol. The number of rotatable bonds is 5. The molecule has 2 bridgehead atoms. The van der Waals surface area contributed by atoms with E-state index >= 15 is 0 Å². The Morgan fingerprint density at radius 1 is 1.24 bits per heavy atom. The fraction of sp³-hybridized carbons (Fsp3) is 0.710. The molecule has 224 valence electrons. The Bertz CT molecular complexity index is 1310. The predicted octanol–water partition coefficient (Wildman–Crippen LogP) is 2.61. The Kier molecular flexibility index (Phi) is 7.56. The first-order valence-electron chi connectivity index (χ1n) is 15.0. The smallest absolute Gasteiger partial charge is 0.344 e. The van der Waals surface area contributed by atoms with Crippen molar-refractivity contribution < 1.29 is 24.2 Å². The van der Waals surface area contributed by atoms with Crippen molar-refractivity contribution in [2.75, 3.05) is 18.6 Å². The van der Waals surface area contributed by atoms with Crippen molar-refractivity contribution in [3.63, 3.8) is 0 Å². The van der Waals surface area contributed by atoms with Gasteiger partial charge in [0.1, 0.15) is 17.5 Å². The summed E-state index contributed by atoms with van der Waals surface area (Å²) in [5.74, 6) is -1.43. The van der Waals surface area contributed by atoms with Gasteiger partial charge < -0.3 is 15.2 Å². The first-order chi connectivity index (χ1) is 19.3. The molecule has 1 aliphatic heterocycles. The van der Waals surface area contributed by atoms with Gasteiger partial charge in [0.15, 0.2) is 0 Å². The molecule has 2 heterocycles. The number of hydrogen-bond acceptors (Lipinski definition) is 8. The minimum absolute atomic E-state index is 0.0637. The molecular weight excluding hydrogens is 524 g/mol. The van der Waals surface area contributed by atoms with E-state index < -0.39 is 46.0 Å². The summed E-state index contributed by atoms with van der Waals surface area (Å²) in [5.41, 5.74) is -2.89. The number of carbonyl (C=O) groups excluding carboxylic acids is 3. The second-order valence-corrected chi connectivity index (χ2v) is 13.4. The van der Waals surface area contributed by atoms with Crippen molar-refractivity contribution in [3.05, 3.63) is 40.8 Å². The number of likely N-dealkylation sites (N-methyl/N-ethyl adjacent to an activating group) is 1. The van der Waals surface area contributed by atoms with E-state index in [1.54, 1.807) is 6.08 Å². The van der Waals surface area contributed by atoms with Crippen molar-refractivity contribution >= 4 is 17.7 Å². The molecular formula is C31H44N4O6. The van der Waals surface area contributed by atoms with Crippen LogP contribution in [0.1, 0.15) is 83.0 Å². The zero-order valence-electron chi connectivity index (χ0n) is 24.9. The van der Waals surface area contributed by atoms with Gasteiger partial charge in [0, 0.05) is 30.2 Å². The van der Waals surface area contributed by atoms with Crippen molar-refractivity contribution in [1.29, 1.82) is 0 Å². The van der Waals surface area contributed by atoms with E-state index in [2.05, 4.69) is 37.8 Å². The summed E-state index contributed by atoms with van der Waals surface area (Å²) in [6.07, 6.45) is 6.11. The number of aromatic nitrogens is 2. The lowest BCUT2D eigenvalue weighted by atomic mass is 9.44. The Hall–Kier alpha value is -2.85. The summed E-state index contributed by atoms with van der Waals surface area (Å²) in [4.78, 5) is 54.7. The Morgan fingerprint density at radius 3 is 2.63 bits per heavy atom. The van der Waals surface area contributed by atoms with Crippen LogP contribution in [0.3, 0.4) is 0 Å². The number of amides is 1. The van der Waals surface area contributed by atoms with E-state index in [-0.39, 0.29) is 41.4 Å². The highest BCUT2D eigenvalue weighted by Gasteiger charge is 2.68. The lowest BCUT2D eigenvalue weighted by Crippen LogP contribution is -2.63. The summed E-state index contributed by atoms with van der Waals surface area (Å²) in [7, 11) is 1.45. The SMILES string of the molecule is C=C[C@]1(C)C[C@@H](OC(=O)c2ccnn(N(C)C(=O)C3CCCN3)c2=O)[C@]2(C)C(C)CC[C@]3(CCC(=O)C32)[C@@H](C)[C@@H]1O. The van der Waals surface area contributed by atoms with Crippen LogP contribution < -0.4 is 15.9 Å². The van der Waals surface area contributed by atoms with Crippen LogP contribution in [-0.4, -0.2) is 64.5 Å². The Labute approximate surface area is 241 Å². The van der Waals surface area contributed by atoms with Gasteiger partial charge in [-0.15, -0.1) is 11.4 Å². The molecule has 1 aromatic heterocycles. The average Bonchev–Trinajstić information content (AvgIpc) is 3.62. The van der Waals surface area contributed by atoms with Crippen LogP contribution in [0, 0.1) is 34.0 Å². The quantitative estimate of drug-likeness (QED) is 0.410. The maximum absolute atomic E-state index is 13.8. The summed E-state index contributed by atoms with van der Waals surface area (Å²) in [6, 6.07) is 0.888. The molecule has 9 atom stereocenters. The topological polar surface area (TPSA) is 131 Å². The molecule has 10 nitrogen and oxygen atoms in total. The van der Waals surface area contributed by atoms with Crippen molar-refractivity contribution in [2.24, 2.45) is 34.0 Å². The molecule has 4 aliphatic rings. The van der Waals surface area contributed by atoms with Crippen LogP contribution in [0.4, 0.5) is 0 Å². The lowest BCUT2D eigenvalue weighted by Gasteiger charge is -2.61. The van der Waals surface area contributed by atoms with E-state index in [9.17, 15) is 24.3 Å². The Morgan fingerprint density at radius 2 is 1.98 bits per heavy atom. The largest absolute Gasteiger partial charge is 0.458 e. The van der Waals surface area contributed by atoms with Crippen LogP contribution in [0.5, 0.6) is 0 Å². The third-order valence-electron chi connectivity index (χ3n) is 11.6. The molecule has 10 heteroatoms. The number of esters is 1. The third-order valence-corrected chi connectivity index (χ3v) is 11.6. The number of hydrogen-bond donors (Lipinski definition) is 2. The molecule has 3 aliphatic carbocycles. The van der Waals surface area contributed by atoms with Crippen molar-refractivity contribution in [2.45, 2.75) is 90.9 Å². The van der Waals surface area contributed by atoms with Crippen LogP contribution in [-0.2, 0) is 14.3 Å². The molecule has 0 aromatic carbocycles. The zero-order chi connectivity index (χ0) is 29.9. The molecule has 5 rings (SSSR count). The second-order valence-electron chi connectivity index (χ2n) is 13.4. The maximum atomic E-state index is 13.8. The van der Waals surface area contributed by atoms with E-state index in [1.165, 1.54) is 19.3 Å². The van der Waals surface area contributed by atoms with Gasteiger partial charge in [-0.05, 0) is 68.4 Å². The number of aliphatic hydroxyl groups is 1. The molecule has 3 saturated carbocycles. The molecule has 4 fully saturated rings. The average molecular weight is 569 g/mol. The van der Waals surface area contributed by atoms with Gasteiger partial charge >= 0.3 is 11.5 Å². The molecule has 1 aromatic rings. The minimum Gasteiger partial charge on any atom is -0.458 e. The van der Waals surface area contributed by atoms with Gasteiger partial charge in [-0.25, -0.2) is 9.80 Å². The predicted molar refractivity (Wildman–Crippen MR) is 153 cm³/mol. The first kappa shape index (κ1) is 29.6. The summed E-state index contributed by atoms with van der Waals surface area (Å²) >= 11 is 0. The molecule has 1 amide bonds. The minimum atomic E-state index is -0.833. The standard InChI is InChI=1S/C31H44N4O6/c1-7-29(4)17-23(30(5)18(2)10-13-31(19(3)25(29)37)14-11-22(36)24(30)31)41-28(40)20-12-16-33-35(26(20)38)34(6)27(39)21-9-8-15-32-21/h7,12,16,18-19,21,23-25,32,37H,1,8-11,13-15,17H2,2-6H3/t18?,19-,21?,23+,24?,25-,29+,30-,31-/m0/s1. The second kappa shape index (κ2) is 10.5. The molecule has 0 radical (unpaired) electrons. The zero-order valence-corrected chi connectivity index (χ0v) is 24.9. The van der Waals surface area contributed by atoms with Gasteiger partial charge in [0.25, 0.3) is 5.91 Å². The number of carbonyl (C=O) groups is 3. The van der Waals surface area contributed by atoms with Crippen LogP contribution in [0.15, 0.2) is 29.7 Å². The molecule has 3 unspecified atom stereocenters. The van der Waals surface area contributed by atoms with E-state index in [0.29, 0.717) is 19.3 Å². The van der Waals surface area contributed by atoms with Crippen LogP contribution in [0.25, 0.3) is 0 Å². The number of aliphatic hydroxyl groups excluding tert-OH is 1. The lowest BCUT2D eigenvalue weighted by molar-refractivity contribution is -0.192. The number of nitrogens with zero attached hydrogens (tertiary/aromatic N) is 3. The first-order valence-corrected chi connectivity index (χ1v) is 15.0. The van der Waals surface area contributed by atoms with Gasteiger partial charge in [-0.3, -0.25) is 14.4 Å². The fourth-order valence-corrected chi connectivity index (χ4v) is 8.68. The maximum Gasteiger partial charge on any atom is 0.344 e. The number of ketones is 1. The van der Waals surface area contributed by atoms with E-state index in [0.717, 1.165) is 35.6 Å². The highest BCUT2D eigenvalue weighted by molar-refractivity contribution is 5.91. The molecule has 2 N–H and O–H groups in total. The Balaban J connectivity index is 1.53. The highest BCUT2D eigenvalue weighted by atomic mass is 16.5. The van der Waals surface area contributed by atoms with Crippen molar-refractivity contribution in [1.82, 2.24) is 15.2 Å². The summed E-state index contributed by atoms with van der Waals surface area (Å²) in [5, 5.41) is 20.0. The van der Waals surface area contributed by atoms with Gasteiger partial charge in [-0.2, -0.15) is 5.10 Å². The summed E-state index contributed by atoms with van der Waals surface area (Å²) < 4.78 is 6.28. The highest BCUT2D eigenvalue weighted by Crippen LogP contribution is 2.68. The molecule has 0 spiro atoms.